The normalized spacial score (nSPS) is 11.4. The third kappa shape index (κ3) is 3.48. The summed E-state index contributed by atoms with van der Waals surface area (Å²) in [5.74, 6) is -0.213. The van der Waals surface area contributed by atoms with Crippen molar-refractivity contribution < 1.29 is 13.2 Å². The summed E-state index contributed by atoms with van der Waals surface area (Å²) in [6.07, 6.45) is 0. The van der Waals surface area contributed by atoms with Gasteiger partial charge in [0.15, 0.2) is 5.78 Å². The van der Waals surface area contributed by atoms with Gasteiger partial charge < -0.3 is 0 Å². The number of hydrogen-bond donors (Lipinski definition) is 0. The number of benzene rings is 3. The molecule has 0 radical (unpaired) electrons. The lowest BCUT2D eigenvalue weighted by Crippen LogP contribution is -2.16. The molecular formula is C25H21NO3S. The van der Waals surface area contributed by atoms with Crippen LogP contribution in [0.2, 0.25) is 0 Å². The Balaban J connectivity index is 1.99. The third-order valence-corrected chi connectivity index (χ3v) is 6.84. The summed E-state index contributed by atoms with van der Waals surface area (Å²) in [6, 6.07) is 26.4. The van der Waals surface area contributed by atoms with Crippen LogP contribution in [0.15, 0.2) is 95.9 Å². The van der Waals surface area contributed by atoms with Gasteiger partial charge in [-0.25, -0.2) is 12.4 Å². The summed E-state index contributed by atoms with van der Waals surface area (Å²) in [5.41, 5.74) is 3.37. The Morgan fingerprint density at radius 1 is 0.767 bits per heavy atom. The van der Waals surface area contributed by atoms with Gasteiger partial charge in [-0.05, 0) is 37.6 Å². The smallest absolute Gasteiger partial charge is 0.268 e. The number of aromatic nitrogens is 1. The van der Waals surface area contributed by atoms with Gasteiger partial charge in [-0.3, -0.25) is 4.79 Å². The van der Waals surface area contributed by atoms with Gasteiger partial charge in [0, 0.05) is 16.8 Å². The van der Waals surface area contributed by atoms with Gasteiger partial charge >= 0.3 is 0 Å². The van der Waals surface area contributed by atoms with E-state index >= 15 is 0 Å². The second-order valence-corrected chi connectivity index (χ2v) is 8.98. The maximum Gasteiger partial charge on any atom is 0.268 e. The predicted octanol–water partition coefficient (Wildman–Crippen LogP) is 5.24. The molecule has 3 aromatic carbocycles. The number of carbonyl (C=O) groups excluding carboxylic acids is 1. The zero-order chi connectivity index (χ0) is 21.3. The van der Waals surface area contributed by atoms with Crippen molar-refractivity contribution in [3.05, 3.63) is 113 Å². The molecule has 0 aliphatic heterocycles. The van der Waals surface area contributed by atoms with Crippen molar-refractivity contribution in [2.75, 3.05) is 0 Å². The van der Waals surface area contributed by atoms with E-state index in [4.69, 9.17) is 0 Å². The van der Waals surface area contributed by atoms with Crippen molar-refractivity contribution in [2.45, 2.75) is 18.7 Å². The molecule has 0 unspecified atom stereocenters. The zero-order valence-electron chi connectivity index (χ0n) is 16.7. The minimum absolute atomic E-state index is 0.183. The number of rotatable bonds is 5. The lowest BCUT2D eigenvalue weighted by atomic mass is 10.00. The highest BCUT2D eigenvalue weighted by Gasteiger charge is 2.28. The van der Waals surface area contributed by atoms with Crippen LogP contribution in [0, 0.1) is 13.8 Å². The Bertz CT molecular complexity index is 1300. The van der Waals surface area contributed by atoms with E-state index in [-0.39, 0.29) is 10.7 Å². The second kappa shape index (κ2) is 7.76. The molecule has 30 heavy (non-hydrogen) atoms. The molecule has 150 valence electrons. The molecule has 0 aliphatic rings. The minimum Gasteiger partial charge on any atom is -0.289 e. The lowest BCUT2D eigenvalue weighted by Gasteiger charge is -2.14. The van der Waals surface area contributed by atoms with Gasteiger partial charge in [0.25, 0.3) is 10.0 Å². The predicted molar refractivity (Wildman–Crippen MR) is 118 cm³/mol. The molecule has 5 heteroatoms. The van der Waals surface area contributed by atoms with Crippen molar-refractivity contribution >= 4 is 15.8 Å². The van der Waals surface area contributed by atoms with Crippen LogP contribution in [0.25, 0.3) is 11.3 Å². The molecule has 1 heterocycles. The standard InChI is InChI=1S/C25H21NO3S/c1-18-13-15-22(16-14-18)30(28,29)26-19(2)17-23(24(26)20-9-5-3-6-10-20)25(27)21-11-7-4-8-12-21/h3-17H,1-2H3. The second-order valence-electron chi connectivity index (χ2n) is 7.19. The van der Waals surface area contributed by atoms with Crippen molar-refractivity contribution in [1.82, 2.24) is 3.97 Å². The number of aryl methyl sites for hydroxylation is 2. The van der Waals surface area contributed by atoms with Crippen LogP contribution < -0.4 is 0 Å². The molecule has 0 spiro atoms. The van der Waals surface area contributed by atoms with Crippen LogP contribution in [-0.4, -0.2) is 18.2 Å². The first-order chi connectivity index (χ1) is 14.4. The van der Waals surface area contributed by atoms with Gasteiger partial charge in [-0.1, -0.05) is 78.4 Å². The van der Waals surface area contributed by atoms with Gasteiger partial charge in [-0.15, -0.1) is 0 Å². The zero-order valence-corrected chi connectivity index (χ0v) is 17.6. The largest absolute Gasteiger partial charge is 0.289 e. The van der Waals surface area contributed by atoms with Gasteiger partial charge in [0.1, 0.15) is 0 Å². The quantitative estimate of drug-likeness (QED) is 0.419. The number of ketones is 1. The van der Waals surface area contributed by atoms with E-state index in [2.05, 4.69) is 0 Å². The van der Waals surface area contributed by atoms with Crippen LogP contribution in [0.3, 0.4) is 0 Å². The minimum atomic E-state index is -3.90. The molecule has 0 saturated heterocycles. The molecule has 4 rings (SSSR count). The van der Waals surface area contributed by atoms with Gasteiger partial charge in [0.2, 0.25) is 0 Å². The SMILES string of the molecule is Cc1ccc(S(=O)(=O)n2c(C)cc(C(=O)c3ccccc3)c2-c2ccccc2)cc1. The van der Waals surface area contributed by atoms with E-state index in [0.29, 0.717) is 28.1 Å². The maximum atomic E-state index is 13.6. The highest BCUT2D eigenvalue weighted by Crippen LogP contribution is 2.33. The van der Waals surface area contributed by atoms with E-state index in [9.17, 15) is 13.2 Å². The van der Waals surface area contributed by atoms with E-state index in [1.54, 1.807) is 61.5 Å². The molecule has 0 aliphatic carbocycles. The highest BCUT2D eigenvalue weighted by atomic mass is 32.2. The van der Waals surface area contributed by atoms with Crippen LogP contribution in [0.1, 0.15) is 27.2 Å². The molecule has 0 fully saturated rings. The summed E-state index contributed by atoms with van der Waals surface area (Å²) >= 11 is 0. The Kier molecular flexibility index (Phi) is 5.14. The Morgan fingerprint density at radius 3 is 1.93 bits per heavy atom. The summed E-state index contributed by atoms with van der Waals surface area (Å²) in [4.78, 5) is 13.5. The van der Waals surface area contributed by atoms with Crippen LogP contribution in [0.4, 0.5) is 0 Å². The van der Waals surface area contributed by atoms with E-state index in [0.717, 1.165) is 5.56 Å². The summed E-state index contributed by atoms with van der Waals surface area (Å²) in [5, 5.41) is 0. The van der Waals surface area contributed by atoms with Crippen molar-refractivity contribution in [1.29, 1.82) is 0 Å². The number of hydrogen-bond acceptors (Lipinski definition) is 3. The van der Waals surface area contributed by atoms with E-state index in [1.807, 2.05) is 43.3 Å². The first-order valence-corrected chi connectivity index (χ1v) is 11.0. The van der Waals surface area contributed by atoms with Crippen LogP contribution >= 0.6 is 0 Å². The molecule has 0 bridgehead atoms. The molecular weight excluding hydrogens is 394 g/mol. The molecule has 4 nitrogen and oxygen atoms in total. The van der Waals surface area contributed by atoms with Gasteiger partial charge in [-0.2, -0.15) is 0 Å². The molecule has 0 amide bonds. The fraction of sp³-hybridized carbons (Fsp3) is 0.0800. The summed E-state index contributed by atoms with van der Waals surface area (Å²) < 4.78 is 28.4. The number of nitrogens with zero attached hydrogens (tertiary/aromatic N) is 1. The van der Waals surface area contributed by atoms with Crippen LogP contribution in [0.5, 0.6) is 0 Å². The van der Waals surface area contributed by atoms with E-state index < -0.39 is 10.0 Å². The van der Waals surface area contributed by atoms with Crippen molar-refractivity contribution in [3.63, 3.8) is 0 Å². The first-order valence-electron chi connectivity index (χ1n) is 9.59. The van der Waals surface area contributed by atoms with Crippen molar-refractivity contribution in [2.24, 2.45) is 0 Å². The topological polar surface area (TPSA) is 56.1 Å². The molecule has 0 atom stereocenters. The Labute approximate surface area is 176 Å². The fourth-order valence-electron chi connectivity index (χ4n) is 3.53. The first kappa shape index (κ1) is 19.9. The van der Waals surface area contributed by atoms with E-state index in [1.165, 1.54) is 3.97 Å². The molecule has 0 N–H and O–H groups in total. The maximum absolute atomic E-state index is 13.6. The Hall–Kier alpha value is -3.44. The average Bonchev–Trinajstić information content (AvgIpc) is 3.12. The summed E-state index contributed by atoms with van der Waals surface area (Å²) in [6.45, 7) is 3.61. The lowest BCUT2D eigenvalue weighted by molar-refractivity contribution is 0.103. The Morgan fingerprint density at radius 2 is 1.33 bits per heavy atom. The van der Waals surface area contributed by atoms with Gasteiger partial charge in [0.05, 0.1) is 10.6 Å². The monoisotopic (exact) mass is 415 g/mol. The highest BCUT2D eigenvalue weighted by molar-refractivity contribution is 7.90. The number of carbonyl (C=O) groups is 1. The molecule has 4 aromatic rings. The third-order valence-electron chi connectivity index (χ3n) is 5.02. The summed E-state index contributed by atoms with van der Waals surface area (Å²) in [7, 11) is -3.90. The average molecular weight is 416 g/mol. The molecule has 0 saturated carbocycles. The van der Waals surface area contributed by atoms with Crippen molar-refractivity contribution in [3.8, 4) is 11.3 Å². The van der Waals surface area contributed by atoms with Crippen LogP contribution in [-0.2, 0) is 10.0 Å². The molecule has 1 aromatic heterocycles. The fourth-order valence-corrected chi connectivity index (χ4v) is 5.10.